The molecule has 0 aliphatic heterocycles. The predicted octanol–water partition coefficient (Wildman–Crippen LogP) is 3.31. The van der Waals surface area contributed by atoms with Gasteiger partial charge < -0.3 is 9.99 Å². The second-order valence-electron chi connectivity index (χ2n) is 6.93. The molecule has 134 valence electrons. The van der Waals surface area contributed by atoms with Gasteiger partial charge >= 0.3 is 11.9 Å². The third kappa shape index (κ3) is 6.95. The van der Waals surface area contributed by atoms with Crippen molar-refractivity contribution >= 4 is 11.9 Å². The maximum absolute atomic E-state index is 12.0. The maximum Gasteiger partial charge on any atom is 0.380 e. The summed E-state index contributed by atoms with van der Waals surface area (Å²) in [6, 6.07) is 3.61. The molecule has 0 radical (unpaired) electrons. The minimum absolute atomic E-state index is 0.0779. The lowest BCUT2D eigenvalue weighted by Gasteiger charge is -2.19. The number of benzene rings is 1. The highest BCUT2D eigenvalue weighted by Gasteiger charge is 2.22. The van der Waals surface area contributed by atoms with Gasteiger partial charge in [0.15, 0.2) is 5.75 Å². The van der Waals surface area contributed by atoms with Crippen molar-refractivity contribution in [2.24, 2.45) is 0 Å². The Labute approximate surface area is 140 Å². The Kier molecular flexibility index (Phi) is 6.30. The van der Waals surface area contributed by atoms with Crippen LogP contribution in [0.25, 0.3) is 0 Å². The third-order valence-electron chi connectivity index (χ3n) is 2.22. The van der Waals surface area contributed by atoms with E-state index in [4.69, 9.17) is 19.8 Å². The van der Waals surface area contributed by atoms with Crippen molar-refractivity contribution in [3.63, 3.8) is 0 Å². The Morgan fingerprint density at radius 1 is 0.958 bits per heavy atom. The SMILES string of the molecule is CC(C)(C)OOOC(=O)c1ccc(C(=O)O)cc1OOC(C)(C)C. The number of carbonyl (C=O) groups excluding carboxylic acids is 1. The molecule has 0 unspecified atom stereocenters. The lowest BCUT2D eigenvalue weighted by Crippen LogP contribution is -2.23. The summed E-state index contributed by atoms with van der Waals surface area (Å²) in [4.78, 5) is 42.7. The van der Waals surface area contributed by atoms with Crippen molar-refractivity contribution in [2.45, 2.75) is 52.7 Å². The van der Waals surface area contributed by atoms with Crippen LogP contribution in [-0.4, -0.2) is 28.2 Å². The van der Waals surface area contributed by atoms with Crippen molar-refractivity contribution < 1.29 is 39.3 Å². The molecular formula is C16H22O8. The Morgan fingerprint density at radius 3 is 2.04 bits per heavy atom. The monoisotopic (exact) mass is 342 g/mol. The van der Waals surface area contributed by atoms with Crippen LogP contribution < -0.4 is 4.89 Å². The molecule has 0 amide bonds. The fraction of sp³-hybridized carbons (Fsp3) is 0.500. The van der Waals surface area contributed by atoms with Gasteiger partial charge in [-0.1, -0.05) is 0 Å². The second kappa shape index (κ2) is 7.61. The minimum Gasteiger partial charge on any atom is -0.478 e. The molecule has 24 heavy (non-hydrogen) atoms. The van der Waals surface area contributed by atoms with Crippen LogP contribution in [0.3, 0.4) is 0 Å². The van der Waals surface area contributed by atoms with Crippen molar-refractivity contribution in [3.8, 4) is 5.75 Å². The van der Waals surface area contributed by atoms with Crippen molar-refractivity contribution in [2.75, 3.05) is 0 Å². The van der Waals surface area contributed by atoms with E-state index in [2.05, 4.69) is 9.93 Å². The van der Waals surface area contributed by atoms with Crippen LogP contribution in [-0.2, 0) is 19.7 Å². The van der Waals surface area contributed by atoms with Crippen LogP contribution in [0.5, 0.6) is 5.75 Å². The number of carbonyl (C=O) groups is 2. The summed E-state index contributed by atoms with van der Waals surface area (Å²) in [6.45, 7) is 10.3. The first-order valence-electron chi connectivity index (χ1n) is 7.19. The number of hydrogen-bond donors (Lipinski definition) is 1. The van der Waals surface area contributed by atoms with Crippen molar-refractivity contribution in [1.82, 2.24) is 0 Å². The maximum atomic E-state index is 12.0. The number of carboxylic acid groups (broad SMARTS) is 1. The van der Waals surface area contributed by atoms with Crippen LogP contribution in [0.15, 0.2) is 18.2 Å². The van der Waals surface area contributed by atoms with E-state index in [1.165, 1.54) is 12.1 Å². The average molecular weight is 342 g/mol. The van der Waals surface area contributed by atoms with Gasteiger partial charge in [0.1, 0.15) is 11.2 Å². The molecule has 0 aliphatic rings. The Balaban J connectivity index is 2.94. The molecule has 0 heterocycles. The molecule has 8 heteroatoms. The topological polar surface area (TPSA) is 101 Å². The molecule has 0 saturated carbocycles. The summed E-state index contributed by atoms with van der Waals surface area (Å²) < 4.78 is 0. The average Bonchev–Trinajstić information content (AvgIpc) is 2.42. The fourth-order valence-corrected chi connectivity index (χ4v) is 1.26. The molecule has 0 fully saturated rings. The van der Waals surface area contributed by atoms with Crippen LogP contribution in [0, 0.1) is 0 Å². The van der Waals surface area contributed by atoms with Gasteiger partial charge in [0.2, 0.25) is 0 Å². The van der Waals surface area contributed by atoms with Crippen molar-refractivity contribution in [3.05, 3.63) is 29.3 Å². The van der Waals surface area contributed by atoms with E-state index in [1.807, 2.05) is 0 Å². The van der Waals surface area contributed by atoms with Gasteiger partial charge in [0.25, 0.3) is 0 Å². The molecule has 0 saturated heterocycles. The minimum atomic E-state index is -1.18. The van der Waals surface area contributed by atoms with Crippen LogP contribution in [0.4, 0.5) is 0 Å². The number of hydrogen-bond acceptors (Lipinski definition) is 7. The first kappa shape index (κ1) is 19.9. The van der Waals surface area contributed by atoms with Gasteiger partial charge in [0, 0.05) is 0 Å². The fourth-order valence-electron chi connectivity index (χ4n) is 1.26. The number of rotatable bonds is 6. The molecule has 8 nitrogen and oxygen atoms in total. The summed E-state index contributed by atoms with van der Waals surface area (Å²) in [5.74, 6) is -2.22. The first-order chi connectivity index (χ1) is 10.9. The van der Waals surface area contributed by atoms with Crippen LogP contribution >= 0.6 is 0 Å². The number of aromatic carboxylic acids is 1. The molecule has 0 aromatic heterocycles. The summed E-state index contributed by atoms with van der Waals surface area (Å²) in [5, 5.41) is 13.5. The molecular weight excluding hydrogens is 320 g/mol. The second-order valence-corrected chi connectivity index (χ2v) is 6.93. The molecule has 1 N–H and O–H groups in total. The Morgan fingerprint density at radius 2 is 1.54 bits per heavy atom. The third-order valence-corrected chi connectivity index (χ3v) is 2.22. The molecule has 0 bridgehead atoms. The van der Waals surface area contributed by atoms with Crippen LogP contribution in [0.1, 0.15) is 62.3 Å². The molecule has 1 aromatic carbocycles. The van der Waals surface area contributed by atoms with E-state index in [0.717, 1.165) is 6.07 Å². The highest BCUT2D eigenvalue weighted by molar-refractivity contribution is 5.95. The highest BCUT2D eigenvalue weighted by Crippen LogP contribution is 2.24. The van der Waals surface area contributed by atoms with Crippen LogP contribution in [0.2, 0.25) is 0 Å². The van der Waals surface area contributed by atoms with E-state index in [1.54, 1.807) is 41.5 Å². The summed E-state index contributed by atoms with van der Waals surface area (Å²) in [5.41, 5.74) is -1.51. The normalized spacial score (nSPS) is 11.9. The predicted molar refractivity (Wildman–Crippen MR) is 82.2 cm³/mol. The zero-order valence-corrected chi connectivity index (χ0v) is 14.5. The van der Waals surface area contributed by atoms with Gasteiger partial charge in [0.05, 0.1) is 11.2 Å². The van der Waals surface area contributed by atoms with Crippen molar-refractivity contribution in [1.29, 1.82) is 0 Å². The zero-order valence-electron chi connectivity index (χ0n) is 14.5. The molecule has 0 spiro atoms. The van der Waals surface area contributed by atoms with E-state index < -0.39 is 23.1 Å². The van der Waals surface area contributed by atoms with Gasteiger partial charge in [-0.25, -0.2) is 9.59 Å². The van der Waals surface area contributed by atoms with Gasteiger partial charge in [-0.2, -0.15) is 9.78 Å². The van der Waals surface area contributed by atoms with Gasteiger partial charge in [-0.05, 0) is 64.8 Å². The Bertz CT molecular complexity index is 595. The number of carboxylic acids is 1. The first-order valence-corrected chi connectivity index (χ1v) is 7.19. The highest BCUT2D eigenvalue weighted by atomic mass is 17.5. The van der Waals surface area contributed by atoms with Gasteiger partial charge in [-0.3, -0.25) is 4.89 Å². The lowest BCUT2D eigenvalue weighted by atomic mass is 10.1. The lowest BCUT2D eigenvalue weighted by molar-refractivity contribution is -0.510. The Hall–Kier alpha value is -2.16. The van der Waals surface area contributed by atoms with E-state index in [-0.39, 0.29) is 16.9 Å². The molecule has 0 atom stereocenters. The largest absolute Gasteiger partial charge is 0.478 e. The summed E-state index contributed by atoms with van der Waals surface area (Å²) in [6.07, 6.45) is 0. The van der Waals surface area contributed by atoms with Gasteiger partial charge in [-0.15, -0.1) is 0 Å². The zero-order chi connectivity index (χ0) is 18.5. The van der Waals surface area contributed by atoms with E-state index in [0.29, 0.717) is 0 Å². The van der Waals surface area contributed by atoms with E-state index >= 15 is 0 Å². The molecule has 1 rings (SSSR count). The molecule has 0 aliphatic carbocycles. The quantitative estimate of drug-likeness (QED) is 0.621. The standard InChI is InChI=1S/C16H22O8/c1-15(2,3)22-20-12-9-10(13(17)18)7-8-11(12)14(19)21-24-23-16(4,5)6/h7-9H,1-6H3,(H,17,18). The summed E-state index contributed by atoms with van der Waals surface area (Å²) >= 11 is 0. The molecule has 1 aromatic rings. The summed E-state index contributed by atoms with van der Waals surface area (Å²) in [7, 11) is 0. The van der Waals surface area contributed by atoms with E-state index in [9.17, 15) is 9.59 Å². The smallest absolute Gasteiger partial charge is 0.380 e.